The molecule has 1 heterocycles. The van der Waals surface area contributed by atoms with Gasteiger partial charge in [-0.1, -0.05) is 29.5 Å². The van der Waals surface area contributed by atoms with Crippen LogP contribution in [0.5, 0.6) is 11.5 Å². The maximum atomic E-state index is 13.9. The van der Waals surface area contributed by atoms with E-state index in [2.05, 4.69) is 0 Å². The monoisotopic (exact) mass is 347 g/mol. The third-order valence-corrected chi connectivity index (χ3v) is 4.03. The lowest BCUT2D eigenvalue weighted by molar-refractivity contribution is -0.872. The van der Waals surface area contributed by atoms with Gasteiger partial charge in [-0.25, -0.2) is 4.39 Å². The van der Waals surface area contributed by atoms with Crippen LogP contribution in [-0.2, 0) is 6.54 Å². The van der Waals surface area contributed by atoms with Crippen molar-refractivity contribution >= 4 is 23.5 Å². The zero-order valence-electron chi connectivity index (χ0n) is 13.2. The number of carbonyl (C=O) groups is 1. The molecule has 1 aliphatic heterocycles. The van der Waals surface area contributed by atoms with Crippen molar-refractivity contribution in [3.8, 4) is 11.5 Å². The highest BCUT2D eigenvalue weighted by atomic mass is 35.5. The molecular weight excluding hydrogens is 333 g/mol. The molecule has 0 spiro atoms. The van der Waals surface area contributed by atoms with E-state index < -0.39 is 5.82 Å². The summed E-state index contributed by atoms with van der Waals surface area (Å²) < 4.78 is 19.5. The van der Waals surface area contributed by atoms with Crippen LogP contribution in [0, 0.1) is 5.82 Å². The molecular formula is C18H15ClFNO3. The van der Waals surface area contributed by atoms with Gasteiger partial charge in [-0.15, -0.1) is 0 Å². The SMILES string of the molecule is C[NH+](C)Cc1c([O-])ccc2c1O/C(=C\c1c(F)cccc1Cl)C2=O. The van der Waals surface area contributed by atoms with Crippen LogP contribution in [-0.4, -0.2) is 19.9 Å². The van der Waals surface area contributed by atoms with Crippen molar-refractivity contribution in [1.82, 2.24) is 0 Å². The van der Waals surface area contributed by atoms with Crippen molar-refractivity contribution in [2.75, 3.05) is 14.1 Å². The van der Waals surface area contributed by atoms with Gasteiger partial charge in [0.05, 0.1) is 24.7 Å². The number of ketones is 1. The molecule has 124 valence electrons. The van der Waals surface area contributed by atoms with Gasteiger partial charge in [-0.3, -0.25) is 4.79 Å². The standard InChI is InChI=1S/C18H15ClFNO3/c1-21(2)9-12-15(22)7-6-10-17(23)16(24-18(10)12)8-11-13(19)4-3-5-14(11)20/h3-8,22H,9H2,1-2H3/b16-8-. The maximum Gasteiger partial charge on any atom is 0.231 e. The molecule has 2 aromatic carbocycles. The van der Waals surface area contributed by atoms with Gasteiger partial charge in [0, 0.05) is 11.1 Å². The van der Waals surface area contributed by atoms with Gasteiger partial charge in [0.2, 0.25) is 5.78 Å². The van der Waals surface area contributed by atoms with Crippen LogP contribution in [0.15, 0.2) is 36.1 Å². The molecule has 4 nitrogen and oxygen atoms in total. The summed E-state index contributed by atoms with van der Waals surface area (Å²) in [6.45, 7) is 0.420. The minimum absolute atomic E-state index is 0.0439. The third kappa shape index (κ3) is 2.88. The van der Waals surface area contributed by atoms with Crippen LogP contribution >= 0.6 is 11.6 Å². The number of rotatable bonds is 3. The molecule has 6 heteroatoms. The van der Waals surface area contributed by atoms with Gasteiger partial charge in [-0.05, 0) is 24.3 Å². The smallest absolute Gasteiger partial charge is 0.231 e. The van der Waals surface area contributed by atoms with Crippen molar-refractivity contribution in [2.45, 2.75) is 6.54 Å². The van der Waals surface area contributed by atoms with Crippen LogP contribution in [0.4, 0.5) is 4.39 Å². The minimum atomic E-state index is -0.551. The number of quaternary nitrogens is 1. The van der Waals surface area contributed by atoms with Crippen LogP contribution in [0.25, 0.3) is 6.08 Å². The summed E-state index contributed by atoms with van der Waals surface area (Å²) in [7, 11) is 3.79. The molecule has 0 unspecified atom stereocenters. The van der Waals surface area contributed by atoms with E-state index in [9.17, 15) is 14.3 Å². The number of Topliss-reactive ketones (excluding diaryl/α,β-unsaturated/α-hetero) is 1. The average molecular weight is 348 g/mol. The minimum Gasteiger partial charge on any atom is -0.872 e. The fraction of sp³-hybridized carbons (Fsp3) is 0.167. The summed E-state index contributed by atoms with van der Waals surface area (Å²) in [5, 5.41) is 12.3. The van der Waals surface area contributed by atoms with E-state index in [0.717, 1.165) is 4.90 Å². The maximum absolute atomic E-state index is 13.9. The largest absolute Gasteiger partial charge is 0.872 e. The lowest BCUT2D eigenvalue weighted by atomic mass is 10.0. The van der Waals surface area contributed by atoms with Crippen molar-refractivity contribution in [1.29, 1.82) is 0 Å². The topological polar surface area (TPSA) is 53.8 Å². The molecule has 0 aliphatic carbocycles. The third-order valence-electron chi connectivity index (χ3n) is 3.70. The van der Waals surface area contributed by atoms with Gasteiger partial charge in [0.1, 0.15) is 18.1 Å². The summed E-state index contributed by atoms with van der Waals surface area (Å²) in [5.41, 5.74) is 0.825. The molecule has 0 atom stereocenters. The van der Waals surface area contributed by atoms with Crippen LogP contribution < -0.4 is 14.7 Å². The molecule has 1 N–H and O–H groups in total. The highest BCUT2D eigenvalue weighted by Gasteiger charge is 2.30. The molecule has 0 fully saturated rings. The van der Waals surface area contributed by atoms with Gasteiger partial charge in [0.25, 0.3) is 0 Å². The number of hydrogen-bond donors (Lipinski definition) is 1. The van der Waals surface area contributed by atoms with E-state index >= 15 is 0 Å². The normalized spacial score (nSPS) is 15.0. The highest BCUT2D eigenvalue weighted by molar-refractivity contribution is 6.32. The quantitative estimate of drug-likeness (QED) is 0.862. The van der Waals surface area contributed by atoms with E-state index in [1.165, 1.54) is 36.4 Å². The number of hydrogen-bond acceptors (Lipinski definition) is 3. The summed E-state index contributed by atoms with van der Waals surface area (Å²) >= 11 is 5.99. The van der Waals surface area contributed by atoms with E-state index in [-0.39, 0.29) is 33.6 Å². The second-order valence-electron chi connectivity index (χ2n) is 5.88. The average Bonchev–Trinajstić information content (AvgIpc) is 2.82. The molecule has 3 rings (SSSR count). The number of ether oxygens (including phenoxy) is 1. The van der Waals surface area contributed by atoms with E-state index in [1.54, 1.807) is 0 Å². The van der Waals surface area contributed by atoms with E-state index in [4.69, 9.17) is 16.3 Å². The van der Waals surface area contributed by atoms with Crippen LogP contribution in [0.3, 0.4) is 0 Å². The first-order valence-electron chi connectivity index (χ1n) is 7.38. The molecule has 0 aromatic heterocycles. The highest BCUT2D eigenvalue weighted by Crippen LogP contribution is 2.38. The number of halogens is 2. The molecule has 0 radical (unpaired) electrons. The molecule has 24 heavy (non-hydrogen) atoms. The molecule has 0 saturated heterocycles. The van der Waals surface area contributed by atoms with Gasteiger partial charge in [0.15, 0.2) is 5.76 Å². The first kappa shape index (κ1) is 16.5. The number of carbonyl (C=O) groups excluding carboxylic acids is 1. The summed E-state index contributed by atoms with van der Waals surface area (Å²) in [6, 6.07) is 7.06. The Morgan fingerprint density at radius 2 is 2.04 bits per heavy atom. The van der Waals surface area contributed by atoms with Gasteiger partial charge < -0.3 is 14.7 Å². The Bertz CT molecular complexity index is 841. The Morgan fingerprint density at radius 3 is 2.71 bits per heavy atom. The van der Waals surface area contributed by atoms with Crippen molar-refractivity contribution in [2.24, 2.45) is 0 Å². The number of benzene rings is 2. The van der Waals surface area contributed by atoms with E-state index in [0.29, 0.717) is 17.7 Å². The lowest BCUT2D eigenvalue weighted by Crippen LogP contribution is -3.04. The Kier molecular flexibility index (Phi) is 4.30. The molecule has 0 saturated carbocycles. The Morgan fingerprint density at radius 1 is 1.29 bits per heavy atom. The Labute approximate surface area is 143 Å². The van der Waals surface area contributed by atoms with Crippen molar-refractivity contribution in [3.05, 3.63) is 63.6 Å². The Balaban J connectivity index is 2.07. The summed E-state index contributed by atoms with van der Waals surface area (Å²) in [4.78, 5) is 13.5. The fourth-order valence-corrected chi connectivity index (χ4v) is 2.81. The Hall–Kier alpha value is -2.37. The predicted octanol–water partition coefficient (Wildman–Crippen LogP) is 1.81. The molecule has 0 amide bonds. The number of allylic oxidation sites excluding steroid dienone is 1. The second kappa shape index (κ2) is 6.26. The first-order valence-corrected chi connectivity index (χ1v) is 7.76. The van der Waals surface area contributed by atoms with Crippen molar-refractivity contribution < 1.29 is 23.9 Å². The van der Waals surface area contributed by atoms with Crippen LogP contribution in [0.1, 0.15) is 21.5 Å². The number of nitrogens with one attached hydrogen (secondary N) is 1. The summed E-state index contributed by atoms with van der Waals surface area (Å²) in [6.07, 6.45) is 1.27. The fourth-order valence-electron chi connectivity index (χ4n) is 2.59. The zero-order chi connectivity index (χ0) is 17.4. The van der Waals surface area contributed by atoms with Crippen molar-refractivity contribution in [3.63, 3.8) is 0 Å². The predicted molar refractivity (Wildman–Crippen MR) is 86.7 cm³/mol. The number of fused-ring (bicyclic) bond motifs is 1. The molecule has 0 bridgehead atoms. The van der Waals surface area contributed by atoms with Gasteiger partial charge in [-0.2, -0.15) is 0 Å². The van der Waals surface area contributed by atoms with Crippen LogP contribution in [0.2, 0.25) is 5.02 Å². The van der Waals surface area contributed by atoms with Gasteiger partial charge >= 0.3 is 0 Å². The first-order chi connectivity index (χ1) is 11.4. The molecule has 2 aromatic rings. The summed E-state index contributed by atoms with van der Waals surface area (Å²) in [5.74, 6) is -0.915. The van der Waals surface area contributed by atoms with E-state index in [1.807, 2.05) is 14.1 Å². The second-order valence-corrected chi connectivity index (χ2v) is 6.29. The zero-order valence-corrected chi connectivity index (χ0v) is 13.9. The lowest BCUT2D eigenvalue weighted by Gasteiger charge is -2.17. The molecule has 1 aliphatic rings.